The molecule has 36 heavy (non-hydrogen) atoms. The zero-order valence-corrected chi connectivity index (χ0v) is 21.2. The Balaban J connectivity index is 1.72. The first-order valence-electron chi connectivity index (χ1n) is 10.9. The highest BCUT2D eigenvalue weighted by atomic mass is 35.5. The van der Waals surface area contributed by atoms with Crippen LogP contribution in [0.4, 0.5) is 5.69 Å². The Morgan fingerprint density at radius 3 is 2.36 bits per heavy atom. The second-order valence-electron chi connectivity index (χ2n) is 7.63. The van der Waals surface area contributed by atoms with Crippen molar-refractivity contribution in [3.63, 3.8) is 0 Å². The van der Waals surface area contributed by atoms with Gasteiger partial charge in [-0.2, -0.15) is 5.26 Å². The lowest BCUT2D eigenvalue weighted by Crippen LogP contribution is -2.14. The van der Waals surface area contributed by atoms with Crippen LogP contribution in [0.25, 0.3) is 22.4 Å². The summed E-state index contributed by atoms with van der Waals surface area (Å²) in [4.78, 5) is 17.4. The highest BCUT2D eigenvalue weighted by Gasteiger charge is 2.18. The van der Waals surface area contributed by atoms with Gasteiger partial charge in [-0.05, 0) is 48.0 Å². The van der Waals surface area contributed by atoms with Gasteiger partial charge in [-0.15, -0.1) is 0 Å². The lowest BCUT2D eigenvalue weighted by Gasteiger charge is -2.14. The molecule has 0 radical (unpaired) electrons. The molecule has 0 aliphatic rings. The van der Waals surface area contributed by atoms with Gasteiger partial charge in [0.05, 0.1) is 31.2 Å². The summed E-state index contributed by atoms with van der Waals surface area (Å²) in [6, 6.07) is 26.2. The molecule has 180 valence electrons. The number of benzene rings is 3. The summed E-state index contributed by atoms with van der Waals surface area (Å²) in [5.74, 6) is 0.998. The van der Waals surface area contributed by atoms with Crippen LogP contribution in [0, 0.1) is 11.3 Å². The van der Waals surface area contributed by atoms with E-state index in [-0.39, 0.29) is 11.7 Å². The number of methoxy groups -OCH3 is 2. The normalized spacial score (nSPS) is 10.4. The van der Waals surface area contributed by atoms with Crippen LogP contribution in [0.3, 0.4) is 0 Å². The van der Waals surface area contributed by atoms with Crippen LogP contribution in [-0.4, -0.2) is 30.9 Å². The molecular formula is C28H22ClN3O3S. The second-order valence-corrected chi connectivity index (χ2v) is 9.03. The molecule has 3 aromatic carbocycles. The molecule has 1 heterocycles. The van der Waals surface area contributed by atoms with E-state index in [1.54, 1.807) is 44.6 Å². The minimum absolute atomic E-state index is 0.0773. The zero-order chi connectivity index (χ0) is 25.5. The summed E-state index contributed by atoms with van der Waals surface area (Å²) in [7, 11) is 3.14. The molecule has 4 rings (SSSR count). The lowest BCUT2D eigenvalue weighted by molar-refractivity contribution is -0.113. The standard InChI is InChI=1S/C28H22ClN3O3S/c1-34-25-13-8-19(14-26(25)35-2)22-15-24(18-6-4-3-5-7-18)32-28(23(22)16-30)36-17-27(33)31-21-11-9-20(29)10-12-21/h3-15H,17H2,1-2H3,(H,31,33). The van der Waals surface area contributed by atoms with Gasteiger partial charge in [-0.3, -0.25) is 4.79 Å². The van der Waals surface area contributed by atoms with Gasteiger partial charge < -0.3 is 14.8 Å². The Morgan fingerprint density at radius 1 is 0.972 bits per heavy atom. The summed E-state index contributed by atoms with van der Waals surface area (Å²) in [5, 5.41) is 14.0. The topological polar surface area (TPSA) is 84.2 Å². The van der Waals surface area contributed by atoms with Crippen molar-refractivity contribution in [1.82, 2.24) is 4.98 Å². The van der Waals surface area contributed by atoms with Crippen LogP contribution in [-0.2, 0) is 4.79 Å². The predicted molar refractivity (Wildman–Crippen MR) is 144 cm³/mol. The number of aromatic nitrogens is 1. The Labute approximate surface area is 218 Å². The SMILES string of the molecule is COc1ccc(-c2cc(-c3ccccc3)nc(SCC(=O)Nc3ccc(Cl)cc3)c2C#N)cc1OC. The number of amides is 1. The Bertz CT molecular complexity index is 1420. The van der Waals surface area contributed by atoms with E-state index >= 15 is 0 Å². The van der Waals surface area contributed by atoms with Gasteiger partial charge in [-0.25, -0.2) is 4.98 Å². The fourth-order valence-electron chi connectivity index (χ4n) is 3.59. The molecule has 0 saturated heterocycles. The second kappa shape index (κ2) is 11.6. The third-order valence-electron chi connectivity index (χ3n) is 5.33. The molecule has 0 spiro atoms. The molecule has 4 aromatic rings. The number of anilines is 1. The molecule has 0 atom stereocenters. The van der Waals surface area contributed by atoms with Gasteiger partial charge in [0.25, 0.3) is 0 Å². The molecule has 1 N–H and O–H groups in total. The van der Waals surface area contributed by atoms with Crippen molar-refractivity contribution >= 4 is 35.0 Å². The molecule has 0 saturated carbocycles. The summed E-state index contributed by atoms with van der Waals surface area (Å²) >= 11 is 7.13. The number of nitriles is 1. The van der Waals surface area contributed by atoms with Crippen molar-refractivity contribution in [1.29, 1.82) is 5.26 Å². The number of ether oxygens (including phenoxy) is 2. The number of rotatable bonds is 8. The van der Waals surface area contributed by atoms with Crippen molar-refractivity contribution < 1.29 is 14.3 Å². The van der Waals surface area contributed by atoms with Crippen LogP contribution < -0.4 is 14.8 Å². The summed E-state index contributed by atoms with van der Waals surface area (Å²) in [6.45, 7) is 0. The van der Waals surface area contributed by atoms with E-state index in [1.807, 2.05) is 48.5 Å². The number of hydrogen-bond donors (Lipinski definition) is 1. The van der Waals surface area contributed by atoms with E-state index in [1.165, 1.54) is 11.8 Å². The summed E-state index contributed by atoms with van der Waals surface area (Å²) in [6.07, 6.45) is 0. The zero-order valence-electron chi connectivity index (χ0n) is 19.6. The monoisotopic (exact) mass is 515 g/mol. The smallest absolute Gasteiger partial charge is 0.234 e. The summed E-state index contributed by atoms with van der Waals surface area (Å²) < 4.78 is 10.8. The van der Waals surface area contributed by atoms with E-state index in [2.05, 4.69) is 11.4 Å². The van der Waals surface area contributed by atoms with Crippen LogP contribution in [0.15, 0.2) is 83.9 Å². The average Bonchev–Trinajstić information content (AvgIpc) is 2.92. The van der Waals surface area contributed by atoms with Crippen LogP contribution in [0.5, 0.6) is 11.5 Å². The number of carbonyl (C=O) groups is 1. The largest absolute Gasteiger partial charge is 0.493 e. The molecule has 0 unspecified atom stereocenters. The van der Waals surface area contributed by atoms with E-state index in [0.29, 0.717) is 44.1 Å². The minimum atomic E-state index is -0.217. The van der Waals surface area contributed by atoms with Gasteiger partial charge in [0.1, 0.15) is 11.1 Å². The molecule has 1 amide bonds. The Morgan fingerprint density at radius 2 is 1.69 bits per heavy atom. The Hall–Kier alpha value is -3.99. The average molecular weight is 516 g/mol. The quantitative estimate of drug-likeness (QED) is 0.263. The molecule has 0 fully saturated rings. The first kappa shape index (κ1) is 25.1. The van der Waals surface area contributed by atoms with Crippen molar-refractivity contribution in [2.24, 2.45) is 0 Å². The van der Waals surface area contributed by atoms with Crippen LogP contribution in [0.2, 0.25) is 5.02 Å². The third-order valence-corrected chi connectivity index (χ3v) is 6.56. The van der Waals surface area contributed by atoms with E-state index in [0.717, 1.165) is 11.1 Å². The van der Waals surface area contributed by atoms with Crippen LogP contribution >= 0.6 is 23.4 Å². The van der Waals surface area contributed by atoms with Gasteiger partial charge in [0.15, 0.2) is 11.5 Å². The van der Waals surface area contributed by atoms with Gasteiger partial charge >= 0.3 is 0 Å². The molecule has 0 bridgehead atoms. The van der Waals surface area contributed by atoms with E-state index < -0.39 is 0 Å². The van der Waals surface area contributed by atoms with E-state index in [4.69, 9.17) is 26.1 Å². The lowest BCUT2D eigenvalue weighted by atomic mass is 9.99. The van der Waals surface area contributed by atoms with Crippen molar-refractivity contribution in [2.75, 3.05) is 25.3 Å². The van der Waals surface area contributed by atoms with Gasteiger partial charge in [-0.1, -0.05) is 59.8 Å². The fourth-order valence-corrected chi connectivity index (χ4v) is 4.52. The minimum Gasteiger partial charge on any atom is -0.493 e. The highest BCUT2D eigenvalue weighted by Crippen LogP contribution is 2.38. The number of thioether (sulfide) groups is 1. The number of pyridine rings is 1. The van der Waals surface area contributed by atoms with Gasteiger partial charge in [0.2, 0.25) is 5.91 Å². The molecule has 1 aromatic heterocycles. The van der Waals surface area contributed by atoms with Crippen molar-refractivity contribution in [2.45, 2.75) is 5.03 Å². The number of carbonyl (C=O) groups excluding carboxylic acids is 1. The number of hydrogen-bond acceptors (Lipinski definition) is 6. The number of halogens is 1. The molecule has 6 nitrogen and oxygen atoms in total. The van der Waals surface area contributed by atoms with Crippen molar-refractivity contribution in [3.05, 3.63) is 89.4 Å². The fraction of sp³-hybridized carbons (Fsp3) is 0.107. The maximum Gasteiger partial charge on any atom is 0.234 e. The maximum absolute atomic E-state index is 12.6. The molecule has 8 heteroatoms. The molecule has 0 aliphatic carbocycles. The van der Waals surface area contributed by atoms with E-state index in [9.17, 15) is 10.1 Å². The predicted octanol–water partition coefficient (Wildman–Crippen LogP) is 6.69. The number of nitrogens with zero attached hydrogens (tertiary/aromatic N) is 2. The van der Waals surface area contributed by atoms with Crippen LogP contribution in [0.1, 0.15) is 5.56 Å². The molecule has 0 aliphatic heterocycles. The van der Waals surface area contributed by atoms with Crippen molar-refractivity contribution in [3.8, 4) is 40.0 Å². The first-order valence-corrected chi connectivity index (χ1v) is 12.3. The Kier molecular flexibility index (Phi) is 8.11. The van der Waals surface area contributed by atoms with Gasteiger partial charge in [0, 0.05) is 21.8 Å². The number of nitrogens with one attached hydrogen (secondary N) is 1. The summed E-state index contributed by atoms with van der Waals surface area (Å²) in [5.41, 5.74) is 4.08. The highest BCUT2D eigenvalue weighted by molar-refractivity contribution is 8.00. The molecular weight excluding hydrogens is 494 g/mol. The third kappa shape index (κ3) is 5.80. The maximum atomic E-state index is 12.6. The first-order chi connectivity index (χ1) is 17.5.